The molecule has 2 rings (SSSR count). The third-order valence-corrected chi connectivity index (χ3v) is 3.10. The molecule has 0 atom stereocenters. The maximum atomic E-state index is 11.8. The van der Waals surface area contributed by atoms with E-state index in [2.05, 4.69) is 34.3 Å². The fourth-order valence-electron chi connectivity index (χ4n) is 1.86. The fourth-order valence-corrected chi connectivity index (χ4v) is 1.86. The summed E-state index contributed by atoms with van der Waals surface area (Å²) in [5.41, 5.74) is 7.15. The zero-order valence-electron chi connectivity index (χ0n) is 12.8. The van der Waals surface area contributed by atoms with E-state index in [0.717, 1.165) is 17.7 Å². The molecule has 4 N–H and O–H groups in total. The minimum absolute atomic E-state index is 0. The van der Waals surface area contributed by atoms with Crippen LogP contribution in [0.3, 0.4) is 0 Å². The average molecular weight is 324 g/mol. The maximum Gasteiger partial charge on any atom is 0.224 e. The number of hydrogen-bond donors (Lipinski definition) is 3. The van der Waals surface area contributed by atoms with Crippen LogP contribution in [0.1, 0.15) is 32.5 Å². The minimum atomic E-state index is 0. The van der Waals surface area contributed by atoms with E-state index >= 15 is 0 Å². The van der Waals surface area contributed by atoms with Crippen molar-refractivity contribution in [2.75, 3.05) is 5.32 Å². The standard InChI is InChI=1S/C15H21N5O.ClH/c1-10(2)3-8-14(21)17-12-6-4-11(5-7-12)15-18-13(9-16)19-20-15;/h4-7,10H,3,8-9,16H2,1-2H3,(H,17,21)(H,18,19,20);1H. The molecule has 0 aliphatic heterocycles. The molecule has 22 heavy (non-hydrogen) atoms. The van der Waals surface area contributed by atoms with Gasteiger partial charge >= 0.3 is 0 Å². The van der Waals surface area contributed by atoms with E-state index in [1.807, 2.05) is 24.3 Å². The first-order valence-electron chi connectivity index (χ1n) is 7.10. The Morgan fingerprint density at radius 3 is 2.55 bits per heavy atom. The largest absolute Gasteiger partial charge is 0.326 e. The van der Waals surface area contributed by atoms with E-state index < -0.39 is 0 Å². The van der Waals surface area contributed by atoms with E-state index in [9.17, 15) is 4.79 Å². The molecule has 0 spiro atoms. The zero-order chi connectivity index (χ0) is 15.2. The third kappa shape index (κ3) is 5.13. The molecule has 0 saturated carbocycles. The van der Waals surface area contributed by atoms with E-state index in [4.69, 9.17) is 5.73 Å². The van der Waals surface area contributed by atoms with Crippen molar-refractivity contribution >= 4 is 24.0 Å². The molecule has 0 aliphatic carbocycles. The number of aromatic nitrogens is 3. The lowest BCUT2D eigenvalue weighted by Gasteiger charge is -2.07. The second-order valence-corrected chi connectivity index (χ2v) is 5.37. The van der Waals surface area contributed by atoms with Gasteiger partial charge in [0.1, 0.15) is 5.82 Å². The predicted octanol–water partition coefficient (Wildman–Crippen LogP) is 2.73. The van der Waals surface area contributed by atoms with Crippen LogP contribution in [0.5, 0.6) is 0 Å². The Bertz CT molecular complexity index is 594. The van der Waals surface area contributed by atoms with Crippen molar-refractivity contribution in [3.63, 3.8) is 0 Å². The van der Waals surface area contributed by atoms with Crippen LogP contribution < -0.4 is 11.1 Å². The number of hydrogen-bond acceptors (Lipinski definition) is 4. The zero-order valence-corrected chi connectivity index (χ0v) is 13.6. The highest BCUT2D eigenvalue weighted by atomic mass is 35.5. The number of anilines is 1. The van der Waals surface area contributed by atoms with Gasteiger partial charge in [-0.1, -0.05) is 13.8 Å². The molecular weight excluding hydrogens is 302 g/mol. The third-order valence-electron chi connectivity index (χ3n) is 3.10. The molecule has 1 amide bonds. The van der Waals surface area contributed by atoms with Crippen molar-refractivity contribution < 1.29 is 4.79 Å². The number of halogens is 1. The molecule has 2 aromatic rings. The predicted molar refractivity (Wildman–Crippen MR) is 89.7 cm³/mol. The summed E-state index contributed by atoms with van der Waals surface area (Å²) in [6.07, 6.45) is 1.43. The van der Waals surface area contributed by atoms with E-state index in [1.54, 1.807) is 0 Å². The Labute approximate surface area is 136 Å². The molecular formula is C15H22ClN5O. The number of nitrogens with one attached hydrogen (secondary N) is 2. The Morgan fingerprint density at radius 2 is 2.00 bits per heavy atom. The van der Waals surface area contributed by atoms with Crippen molar-refractivity contribution in [3.8, 4) is 11.4 Å². The number of rotatable bonds is 6. The number of amides is 1. The smallest absolute Gasteiger partial charge is 0.224 e. The number of H-pyrrole nitrogens is 1. The van der Waals surface area contributed by atoms with Crippen LogP contribution in [0.2, 0.25) is 0 Å². The number of carbonyl (C=O) groups excluding carboxylic acids is 1. The lowest BCUT2D eigenvalue weighted by Crippen LogP contribution is -2.12. The maximum absolute atomic E-state index is 11.8. The van der Waals surface area contributed by atoms with E-state index in [-0.39, 0.29) is 18.3 Å². The van der Waals surface area contributed by atoms with E-state index in [0.29, 0.717) is 30.5 Å². The van der Waals surface area contributed by atoms with Gasteiger partial charge in [-0.3, -0.25) is 9.89 Å². The Balaban J connectivity index is 0.00000242. The van der Waals surface area contributed by atoms with Gasteiger partial charge in [-0.05, 0) is 36.6 Å². The first kappa shape index (κ1) is 18.1. The van der Waals surface area contributed by atoms with Crippen molar-refractivity contribution in [1.82, 2.24) is 15.2 Å². The van der Waals surface area contributed by atoms with Crippen molar-refractivity contribution in [2.24, 2.45) is 11.7 Å². The van der Waals surface area contributed by atoms with Gasteiger partial charge in [-0.25, -0.2) is 4.98 Å². The second-order valence-electron chi connectivity index (χ2n) is 5.37. The normalized spacial score (nSPS) is 10.4. The van der Waals surface area contributed by atoms with E-state index in [1.165, 1.54) is 0 Å². The van der Waals surface area contributed by atoms with Crippen LogP contribution in [0, 0.1) is 5.92 Å². The van der Waals surface area contributed by atoms with Gasteiger partial charge in [0, 0.05) is 17.7 Å². The summed E-state index contributed by atoms with van der Waals surface area (Å²) in [5, 5.41) is 9.75. The molecule has 0 radical (unpaired) electrons. The quantitative estimate of drug-likeness (QED) is 0.761. The van der Waals surface area contributed by atoms with Crippen LogP contribution in [-0.2, 0) is 11.3 Å². The first-order chi connectivity index (χ1) is 10.1. The molecule has 1 aromatic carbocycles. The summed E-state index contributed by atoms with van der Waals surface area (Å²) >= 11 is 0. The van der Waals surface area contributed by atoms with Gasteiger partial charge in [-0.2, -0.15) is 5.10 Å². The second kappa shape index (κ2) is 8.51. The summed E-state index contributed by atoms with van der Waals surface area (Å²) in [7, 11) is 0. The molecule has 0 bridgehead atoms. The summed E-state index contributed by atoms with van der Waals surface area (Å²) in [5.74, 6) is 1.82. The highest BCUT2D eigenvalue weighted by molar-refractivity contribution is 5.90. The number of nitrogens with two attached hydrogens (primary N) is 1. The van der Waals surface area contributed by atoms with Crippen LogP contribution in [0.15, 0.2) is 24.3 Å². The minimum Gasteiger partial charge on any atom is -0.326 e. The summed E-state index contributed by atoms with van der Waals surface area (Å²) in [6, 6.07) is 7.45. The molecule has 0 unspecified atom stereocenters. The van der Waals surface area contributed by atoms with Gasteiger partial charge in [0.2, 0.25) is 5.91 Å². The molecule has 1 heterocycles. The molecule has 0 fully saturated rings. The number of benzene rings is 1. The lowest BCUT2D eigenvalue weighted by atomic mass is 10.1. The van der Waals surface area contributed by atoms with Gasteiger partial charge in [-0.15, -0.1) is 12.4 Å². The first-order valence-corrected chi connectivity index (χ1v) is 7.10. The number of aromatic amines is 1. The molecule has 1 aromatic heterocycles. The molecule has 6 nitrogen and oxygen atoms in total. The SMILES string of the molecule is CC(C)CCC(=O)Nc1ccc(-c2n[nH]c(CN)n2)cc1.Cl. The fraction of sp³-hybridized carbons (Fsp3) is 0.400. The van der Waals surface area contributed by atoms with Crippen LogP contribution >= 0.6 is 12.4 Å². The van der Waals surface area contributed by atoms with Gasteiger partial charge in [0.15, 0.2) is 5.82 Å². The van der Waals surface area contributed by atoms with Gasteiger partial charge in [0.05, 0.1) is 6.54 Å². The van der Waals surface area contributed by atoms with Crippen molar-refractivity contribution in [1.29, 1.82) is 0 Å². The summed E-state index contributed by atoms with van der Waals surface area (Å²) in [4.78, 5) is 16.0. The van der Waals surface area contributed by atoms with Gasteiger partial charge < -0.3 is 11.1 Å². The topological polar surface area (TPSA) is 96.7 Å². The van der Waals surface area contributed by atoms with Crippen LogP contribution in [0.25, 0.3) is 11.4 Å². The van der Waals surface area contributed by atoms with Crippen molar-refractivity contribution in [2.45, 2.75) is 33.2 Å². The highest BCUT2D eigenvalue weighted by Gasteiger charge is 2.07. The Kier molecular flexibility index (Phi) is 7.01. The van der Waals surface area contributed by atoms with Crippen LogP contribution in [-0.4, -0.2) is 21.1 Å². The molecule has 7 heteroatoms. The number of carbonyl (C=O) groups is 1. The Morgan fingerprint density at radius 1 is 1.32 bits per heavy atom. The van der Waals surface area contributed by atoms with Crippen LogP contribution in [0.4, 0.5) is 5.69 Å². The van der Waals surface area contributed by atoms with Crippen molar-refractivity contribution in [3.05, 3.63) is 30.1 Å². The monoisotopic (exact) mass is 323 g/mol. The molecule has 120 valence electrons. The highest BCUT2D eigenvalue weighted by Crippen LogP contribution is 2.18. The molecule has 0 aliphatic rings. The lowest BCUT2D eigenvalue weighted by molar-refractivity contribution is -0.116. The Hall–Kier alpha value is -1.92. The summed E-state index contributed by atoms with van der Waals surface area (Å²) in [6.45, 7) is 4.54. The van der Waals surface area contributed by atoms with Gasteiger partial charge in [0.25, 0.3) is 0 Å². The molecule has 0 saturated heterocycles. The number of nitrogens with zero attached hydrogens (tertiary/aromatic N) is 2. The summed E-state index contributed by atoms with van der Waals surface area (Å²) < 4.78 is 0. The average Bonchev–Trinajstić information content (AvgIpc) is 2.95.